The molecule has 2 amide bonds. The quantitative estimate of drug-likeness (QED) is 0.652. The largest absolute Gasteiger partial charge is 0.339 e. The monoisotopic (exact) mass is 466 g/mol. The van der Waals surface area contributed by atoms with Crippen LogP contribution in [0.15, 0.2) is 24.5 Å². The highest BCUT2D eigenvalue weighted by Gasteiger charge is 2.52. The van der Waals surface area contributed by atoms with Crippen LogP contribution in [0, 0.1) is 23.7 Å². The summed E-state index contributed by atoms with van der Waals surface area (Å²) < 4.78 is 0. The van der Waals surface area contributed by atoms with Gasteiger partial charge in [0.15, 0.2) is 0 Å². The van der Waals surface area contributed by atoms with Gasteiger partial charge in [0.1, 0.15) is 9.88 Å². The molecule has 7 heteroatoms. The first-order valence-electron chi connectivity index (χ1n) is 12.1. The van der Waals surface area contributed by atoms with E-state index in [0.717, 1.165) is 48.5 Å². The van der Waals surface area contributed by atoms with Gasteiger partial charge in [-0.05, 0) is 62.0 Å². The number of amides is 2. The van der Waals surface area contributed by atoms with Crippen LogP contribution >= 0.6 is 11.3 Å². The third-order valence-corrected chi connectivity index (χ3v) is 8.85. The molecule has 2 saturated heterocycles. The Kier molecular flexibility index (Phi) is 5.58. The predicted octanol–water partition coefficient (Wildman–Crippen LogP) is 4.79. The minimum atomic E-state index is -0.0974. The molecule has 3 unspecified atom stereocenters. The number of carbonyl (C=O) groups excluding carboxylic acids is 2. The van der Waals surface area contributed by atoms with E-state index in [1.165, 1.54) is 17.8 Å². The second-order valence-electron chi connectivity index (χ2n) is 11.4. The molecular formula is C26H34N4O2S. The van der Waals surface area contributed by atoms with Gasteiger partial charge >= 0.3 is 0 Å². The van der Waals surface area contributed by atoms with Crippen molar-refractivity contribution in [3.63, 3.8) is 0 Å². The average Bonchev–Trinajstić information content (AvgIpc) is 3.29. The van der Waals surface area contributed by atoms with Gasteiger partial charge < -0.3 is 9.80 Å². The topological polar surface area (TPSA) is 66.4 Å². The molecule has 3 aliphatic rings. The van der Waals surface area contributed by atoms with Gasteiger partial charge in [0.2, 0.25) is 5.91 Å². The van der Waals surface area contributed by atoms with E-state index in [1.807, 2.05) is 24.0 Å². The van der Waals surface area contributed by atoms with Crippen molar-refractivity contribution in [2.45, 2.75) is 65.8 Å². The lowest BCUT2D eigenvalue weighted by Gasteiger charge is -2.40. The van der Waals surface area contributed by atoms with E-state index in [1.54, 1.807) is 12.4 Å². The zero-order valence-corrected chi connectivity index (χ0v) is 21.0. The van der Waals surface area contributed by atoms with Crippen molar-refractivity contribution in [1.82, 2.24) is 19.8 Å². The fourth-order valence-corrected chi connectivity index (χ4v) is 7.69. The number of carbonyl (C=O) groups is 2. The molecule has 176 valence electrons. The number of pyridine rings is 1. The van der Waals surface area contributed by atoms with Crippen LogP contribution in [-0.4, -0.2) is 57.3 Å². The van der Waals surface area contributed by atoms with Gasteiger partial charge in [-0.15, -0.1) is 11.3 Å². The van der Waals surface area contributed by atoms with Crippen molar-refractivity contribution in [3.8, 4) is 10.6 Å². The summed E-state index contributed by atoms with van der Waals surface area (Å²) in [6.07, 6.45) is 8.63. The third kappa shape index (κ3) is 4.32. The number of nitrogens with zero attached hydrogens (tertiary/aromatic N) is 4. The fourth-order valence-electron chi connectivity index (χ4n) is 6.67. The Morgan fingerprint density at radius 2 is 2.03 bits per heavy atom. The number of fused-ring (bicyclic) bond motifs is 2. The van der Waals surface area contributed by atoms with Gasteiger partial charge in [0.05, 0.1) is 11.6 Å². The second-order valence-corrected chi connectivity index (χ2v) is 12.4. The van der Waals surface area contributed by atoms with E-state index >= 15 is 0 Å². The molecule has 2 aliphatic heterocycles. The molecule has 33 heavy (non-hydrogen) atoms. The standard InChI is InChI=1S/C26H34N4O2S/c1-17-21(33-22(28-17)18-7-5-9-27-13-18)24(32)29-10-6-8-19(14-29)23(31)30-16-26(4)12-20(30)11-25(2,3)15-26/h5,7,9,13,19-20H,6,8,10-12,14-16H2,1-4H3. The first kappa shape index (κ1) is 22.5. The lowest BCUT2D eigenvalue weighted by molar-refractivity contribution is -0.138. The Labute approximate surface area is 200 Å². The Hall–Kier alpha value is -2.28. The lowest BCUT2D eigenvalue weighted by Crippen LogP contribution is -2.48. The normalized spacial score (nSPS) is 28.7. The summed E-state index contributed by atoms with van der Waals surface area (Å²) in [5.74, 6) is 0.168. The van der Waals surface area contributed by atoms with Crippen LogP contribution in [0.2, 0.25) is 0 Å². The summed E-state index contributed by atoms with van der Waals surface area (Å²) >= 11 is 1.42. The molecule has 2 bridgehead atoms. The Balaban J connectivity index is 1.30. The van der Waals surface area contributed by atoms with Crippen molar-refractivity contribution in [3.05, 3.63) is 35.1 Å². The highest BCUT2D eigenvalue weighted by molar-refractivity contribution is 7.17. The molecular weight excluding hydrogens is 432 g/mol. The number of rotatable bonds is 3. The van der Waals surface area contributed by atoms with Gasteiger partial charge in [-0.25, -0.2) is 4.98 Å². The fraction of sp³-hybridized carbons (Fsp3) is 0.615. The summed E-state index contributed by atoms with van der Waals surface area (Å²) in [6, 6.07) is 4.19. The summed E-state index contributed by atoms with van der Waals surface area (Å²) in [6.45, 7) is 11.0. The first-order valence-corrected chi connectivity index (χ1v) is 12.9. The molecule has 0 N–H and O–H groups in total. The van der Waals surface area contributed by atoms with Crippen molar-refractivity contribution in [2.24, 2.45) is 16.7 Å². The van der Waals surface area contributed by atoms with Crippen LogP contribution in [-0.2, 0) is 4.79 Å². The summed E-state index contributed by atoms with van der Waals surface area (Å²) in [5.41, 5.74) is 2.19. The van der Waals surface area contributed by atoms with Crippen LogP contribution < -0.4 is 0 Å². The molecule has 0 radical (unpaired) electrons. The number of piperidine rings is 1. The lowest BCUT2D eigenvalue weighted by atomic mass is 9.65. The Morgan fingerprint density at radius 3 is 2.79 bits per heavy atom. The molecule has 5 rings (SSSR count). The van der Waals surface area contributed by atoms with Crippen molar-refractivity contribution >= 4 is 23.2 Å². The van der Waals surface area contributed by atoms with E-state index in [4.69, 9.17) is 0 Å². The van der Waals surface area contributed by atoms with E-state index < -0.39 is 0 Å². The molecule has 0 aromatic carbocycles. The van der Waals surface area contributed by atoms with Crippen molar-refractivity contribution < 1.29 is 9.59 Å². The summed E-state index contributed by atoms with van der Waals surface area (Å²) in [4.78, 5) is 40.6. The molecule has 2 aromatic rings. The van der Waals surface area contributed by atoms with Crippen LogP contribution in [0.5, 0.6) is 0 Å². The number of hydrogen-bond acceptors (Lipinski definition) is 5. The second kappa shape index (κ2) is 8.19. The zero-order valence-electron chi connectivity index (χ0n) is 20.1. The summed E-state index contributed by atoms with van der Waals surface area (Å²) in [5, 5.41) is 0.814. The number of hydrogen-bond donors (Lipinski definition) is 0. The molecule has 0 spiro atoms. The molecule has 6 nitrogen and oxygen atoms in total. The van der Waals surface area contributed by atoms with Crippen molar-refractivity contribution in [1.29, 1.82) is 0 Å². The van der Waals surface area contributed by atoms with Gasteiger partial charge in [-0.1, -0.05) is 20.8 Å². The van der Waals surface area contributed by atoms with Crippen molar-refractivity contribution in [2.75, 3.05) is 19.6 Å². The molecule has 4 heterocycles. The molecule has 1 saturated carbocycles. The minimum Gasteiger partial charge on any atom is -0.339 e. The van der Waals surface area contributed by atoms with E-state index in [2.05, 4.69) is 35.6 Å². The highest BCUT2D eigenvalue weighted by atomic mass is 32.1. The molecule has 3 atom stereocenters. The molecule has 3 fully saturated rings. The van der Waals surface area contributed by atoms with Crippen LogP contribution in [0.3, 0.4) is 0 Å². The van der Waals surface area contributed by atoms with Gasteiger partial charge in [0.25, 0.3) is 5.91 Å². The van der Waals surface area contributed by atoms with Crippen LogP contribution in [0.25, 0.3) is 10.6 Å². The predicted molar refractivity (Wildman–Crippen MR) is 130 cm³/mol. The molecule has 1 aliphatic carbocycles. The molecule has 2 aromatic heterocycles. The summed E-state index contributed by atoms with van der Waals surface area (Å²) in [7, 11) is 0. The maximum absolute atomic E-state index is 13.6. The Bertz CT molecular complexity index is 1070. The average molecular weight is 467 g/mol. The first-order chi connectivity index (χ1) is 15.6. The third-order valence-electron chi connectivity index (χ3n) is 7.66. The maximum Gasteiger partial charge on any atom is 0.265 e. The number of aromatic nitrogens is 2. The minimum absolute atomic E-state index is 0.00546. The maximum atomic E-state index is 13.6. The SMILES string of the molecule is Cc1nc(-c2cccnc2)sc1C(=O)N1CCCC(C(=O)N2CC3(C)CC2CC(C)(C)C3)C1. The van der Waals surface area contributed by atoms with Gasteiger partial charge in [-0.3, -0.25) is 14.6 Å². The van der Waals surface area contributed by atoms with E-state index in [-0.39, 0.29) is 28.6 Å². The number of thiazole rings is 1. The van der Waals surface area contributed by atoms with E-state index in [0.29, 0.717) is 24.0 Å². The zero-order chi connectivity index (χ0) is 23.4. The highest BCUT2D eigenvalue weighted by Crippen LogP contribution is 2.52. The number of likely N-dealkylation sites (tertiary alicyclic amines) is 2. The smallest absolute Gasteiger partial charge is 0.265 e. The van der Waals surface area contributed by atoms with Gasteiger partial charge in [0, 0.05) is 43.6 Å². The number of aryl methyl sites for hydroxylation is 1. The van der Waals surface area contributed by atoms with E-state index in [9.17, 15) is 9.59 Å². The van der Waals surface area contributed by atoms with Gasteiger partial charge in [-0.2, -0.15) is 0 Å². The Morgan fingerprint density at radius 1 is 1.21 bits per heavy atom. The van der Waals surface area contributed by atoms with Crippen LogP contribution in [0.1, 0.15) is 68.2 Å². The van der Waals surface area contributed by atoms with Crippen LogP contribution in [0.4, 0.5) is 0 Å².